The zero-order valence-electron chi connectivity index (χ0n) is 9.75. The molecule has 5 nitrogen and oxygen atoms in total. The fraction of sp³-hybridized carbons (Fsp3) is 0.250. The number of nitrogens with one attached hydrogen (secondary N) is 1. The van der Waals surface area contributed by atoms with Crippen molar-refractivity contribution < 1.29 is 0 Å². The molecule has 0 aliphatic carbocycles. The Morgan fingerprint density at radius 2 is 2.24 bits per heavy atom. The van der Waals surface area contributed by atoms with Crippen LogP contribution in [0.25, 0.3) is 5.82 Å². The molecule has 1 unspecified atom stereocenters. The highest BCUT2D eigenvalue weighted by Gasteiger charge is 2.08. The normalized spacial score (nSPS) is 12.1. The lowest BCUT2D eigenvalue weighted by Gasteiger charge is -2.11. The summed E-state index contributed by atoms with van der Waals surface area (Å²) in [6.07, 6.45) is 5.06. The number of nitrogens with zero attached hydrogens (tertiary/aromatic N) is 4. The zero-order chi connectivity index (χ0) is 12.3. The van der Waals surface area contributed by atoms with Crippen molar-refractivity contribution in [3.63, 3.8) is 0 Å². The molecule has 86 valence electrons. The van der Waals surface area contributed by atoms with Crippen molar-refractivity contribution in [1.82, 2.24) is 19.9 Å². The van der Waals surface area contributed by atoms with Gasteiger partial charge in [0, 0.05) is 24.6 Å². The number of hydrogen-bond acceptors (Lipinski definition) is 4. The summed E-state index contributed by atoms with van der Waals surface area (Å²) in [5, 5.41) is 12.1. The summed E-state index contributed by atoms with van der Waals surface area (Å²) >= 11 is 0. The summed E-state index contributed by atoms with van der Waals surface area (Å²) < 4.78 is 1.67. The van der Waals surface area contributed by atoms with Crippen LogP contribution >= 0.6 is 0 Å². The summed E-state index contributed by atoms with van der Waals surface area (Å²) in [6.45, 7) is 2.07. The fourth-order valence-electron chi connectivity index (χ4n) is 1.57. The van der Waals surface area contributed by atoms with Crippen LogP contribution in [0.15, 0.2) is 30.7 Å². The molecule has 1 N–H and O–H groups in total. The van der Waals surface area contributed by atoms with Crippen LogP contribution in [-0.4, -0.2) is 21.6 Å². The molecular formula is C12H13N5. The molecule has 0 saturated heterocycles. The summed E-state index contributed by atoms with van der Waals surface area (Å²) in [6, 6.07) is 6.17. The number of imidazole rings is 1. The van der Waals surface area contributed by atoms with Crippen LogP contribution in [-0.2, 0) is 0 Å². The second-order valence-electron chi connectivity index (χ2n) is 3.69. The van der Waals surface area contributed by atoms with Gasteiger partial charge in [-0.3, -0.25) is 4.57 Å². The van der Waals surface area contributed by atoms with E-state index in [4.69, 9.17) is 5.26 Å². The van der Waals surface area contributed by atoms with Crippen molar-refractivity contribution in [2.75, 3.05) is 7.05 Å². The first-order valence-corrected chi connectivity index (χ1v) is 5.33. The maximum atomic E-state index is 8.92. The Morgan fingerprint density at radius 1 is 1.41 bits per heavy atom. The lowest BCUT2D eigenvalue weighted by Crippen LogP contribution is -2.13. The number of nitriles is 1. The van der Waals surface area contributed by atoms with Gasteiger partial charge in [-0.15, -0.1) is 0 Å². The van der Waals surface area contributed by atoms with Crippen molar-refractivity contribution in [3.05, 3.63) is 42.1 Å². The summed E-state index contributed by atoms with van der Waals surface area (Å²) in [5.41, 5.74) is 1.12. The van der Waals surface area contributed by atoms with Crippen molar-refractivity contribution in [3.8, 4) is 11.9 Å². The van der Waals surface area contributed by atoms with E-state index in [9.17, 15) is 0 Å². The smallest absolute Gasteiger partial charge is 0.218 e. The standard InChI is InChI=1S/C12H13N5/c1-9(14-2)10-3-4-15-11(7-10)17-6-5-16-12(17)8-13/h3-7,9,14H,1-2H3. The highest BCUT2D eigenvalue weighted by atomic mass is 15.1. The van der Waals surface area contributed by atoms with E-state index < -0.39 is 0 Å². The van der Waals surface area contributed by atoms with Crippen LogP contribution < -0.4 is 5.32 Å². The Balaban J connectivity index is 2.44. The monoisotopic (exact) mass is 227 g/mol. The van der Waals surface area contributed by atoms with Crippen molar-refractivity contribution in [2.24, 2.45) is 0 Å². The summed E-state index contributed by atoms with van der Waals surface area (Å²) in [5.74, 6) is 1.05. The van der Waals surface area contributed by atoms with Gasteiger partial charge in [0.15, 0.2) is 0 Å². The predicted molar refractivity (Wildman–Crippen MR) is 63.5 cm³/mol. The third-order valence-corrected chi connectivity index (χ3v) is 2.69. The van der Waals surface area contributed by atoms with E-state index in [-0.39, 0.29) is 6.04 Å². The molecule has 0 aromatic carbocycles. The second kappa shape index (κ2) is 4.76. The van der Waals surface area contributed by atoms with Crippen molar-refractivity contribution >= 4 is 0 Å². The Bertz CT molecular complexity index is 552. The Hall–Kier alpha value is -2.19. The van der Waals surface area contributed by atoms with Crippen molar-refractivity contribution in [2.45, 2.75) is 13.0 Å². The summed E-state index contributed by atoms with van der Waals surface area (Å²) in [4.78, 5) is 8.20. The van der Waals surface area contributed by atoms with E-state index in [0.717, 1.165) is 5.56 Å². The van der Waals surface area contributed by atoms with Gasteiger partial charge in [-0.2, -0.15) is 5.26 Å². The highest BCUT2D eigenvalue weighted by molar-refractivity contribution is 5.33. The maximum absolute atomic E-state index is 8.92. The van der Waals surface area contributed by atoms with Gasteiger partial charge in [0.05, 0.1) is 0 Å². The average molecular weight is 227 g/mol. The largest absolute Gasteiger partial charge is 0.313 e. The van der Waals surface area contributed by atoms with E-state index in [2.05, 4.69) is 22.2 Å². The van der Waals surface area contributed by atoms with Crippen LogP contribution in [0, 0.1) is 11.3 Å². The van der Waals surface area contributed by atoms with Crippen molar-refractivity contribution in [1.29, 1.82) is 5.26 Å². The molecule has 2 rings (SSSR count). The molecular weight excluding hydrogens is 214 g/mol. The first-order valence-electron chi connectivity index (χ1n) is 5.33. The third kappa shape index (κ3) is 2.17. The van der Waals surface area contributed by atoms with E-state index in [1.54, 1.807) is 23.2 Å². The van der Waals surface area contributed by atoms with E-state index in [1.165, 1.54) is 0 Å². The number of rotatable bonds is 3. The van der Waals surface area contributed by atoms with Crippen LogP contribution in [0.3, 0.4) is 0 Å². The molecule has 5 heteroatoms. The number of aromatic nitrogens is 3. The molecule has 2 aromatic heterocycles. The van der Waals surface area contributed by atoms with Crippen LogP contribution in [0.5, 0.6) is 0 Å². The molecule has 1 atom stereocenters. The summed E-state index contributed by atoms with van der Waals surface area (Å²) in [7, 11) is 1.91. The van der Waals surface area contributed by atoms with Gasteiger partial charge in [-0.25, -0.2) is 9.97 Å². The molecule has 0 saturated carbocycles. The molecule has 0 amide bonds. The second-order valence-corrected chi connectivity index (χ2v) is 3.69. The third-order valence-electron chi connectivity index (χ3n) is 2.69. The minimum Gasteiger partial charge on any atom is -0.313 e. The Labute approximate surface area is 99.7 Å². The van der Waals surface area contributed by atoms with Gasteiger partial charge in [-0.05, 0) is 31.7 Å². The van der Waals surface area contributed by atoms with E-state index >= 15 is 0 Å². The minimum absolute atomic E-state index is 0.241. The molecule has 2 aromatic rings. The number of pyridine rings is 1. The molecule has 0 fully saturated rings. The van der Waals surface area contributed by atoms with E-state index in [1.807, 2.05) is 25.2 Å². The molecule has 0 radical (unpaired) electrons. The lowest BCUT2D eigenvalue weighted by molar-refractivity contribution is 0.650. The average Bonchev–Trinajstić information content (AvgIpc) is 2.86. The number of hydrogen-bond donors (Lipinski definition) is 1. The fourth-order valence-corrected chi connectivity index (χ4v) is 1.57. The predicted octanol–water partition coefficient (Wildman–Crippen LogP) is 1.42. The van der Waals surface area contributed by atoms with Gasteiger partial charge in [0.1, 0.15) is 11.9 Å². The van der Waals surface area contributed by atoms with Gasteiger partial charge in [-0.1, -0.05) is 0 Å². The lowest BCUT2D eigenvalue weighted by atomic mass is 10.1. The zero-order valence-corrected chi connectivity index (χ0v) is 9.75. The maximum Gasteiger partial charge on any atom is 0.218 e. The van der Waals surface area contributed by atoms with Gasteiger partial charge in [0.25, 0.3) is 0 Å². The molecule has 2 heterocycles. The molecule has 0 aliphatic heterocycles. The molecule has 0 aliphatic rings. The Morgan fingerprint density at radius 3 is 2.94 bits per heavy atom. The van der Waals surface area contributed by atoms with Crippen LogP contribution in [0.1, 0.15) is 24.4 Å². The first-order chi connectivity index (χ1) is 8.26. The topological polar surface area (TPSA) is 66.5 Å². The SMILES string of the molecule is CNC(C)c1ccnc(-n2ccnc2C#N)c1. The molecule has 0 spiro atoms. The van der Waals surface area contributed by atoms with Gasteiger partial charge >= 0.3 is 0 Å². The van der Waals surface area contributed by atoms with Crippen LogP contribution in [0.4, 0.5) is 0 Å². The highest BCUT2D eigenvalue weighted by Crippen LogP contribution is 2.15. The quantitative estimate of drug-likeness (QED) is 0.861. The van der Waals surface area contributed by atoms with Gasteiger partial charge < -0.3 is 5.32 Å². The van der Waals surface area contributed by atoms with Gasteiger partial charge in [0.2, 0.25) is 5.82 Å². The van der Waals surface area contributed by atoms with Crippen LogP contribution in [0.2, 0.25) is 0 Å². The van der Waals surface area contributed by atoms with E-state index in [0.29, 0.717) is 11.6 Å². The molecule has 17 heavy (non-hydrogen) atoms. The molecule has 0 bridgehead atoms. The minimum atomic E-state index is 0.241. The Kier molecular flexibility index (Phi) is 3.17. The first kappa shape index (κ1) is 11.3.